The van der Waals surface area contributed by atoms with Crippen molar-refractivity contribution in [3.63, 3.8) is 0 Å². The number of nitrogens with two attached hydrogens (primary N) is 1. The Labute approximate surface area is 194 Å². The molecule has 0 atom stereocenters. The van der Waals surface area contributed by atoms with Crippen molar-refractivity contribution in [1.29, 1.82) is 0 Å². The van der Waals surface area contributed by atoms with Crippen molar-refractivity contribution in [3.8, 4) is 11.3 Å². The third-order valence-electron chi connectivity index (χ3n) is 5.66. The smallest absolute Gasteiger partial charge is 0.250 e. The number of amides is 1. The number of hydrogen-bond acceptors (Lipinski definition) is 5. The topological polar surface area (TPSA) is 84.9 Å². The number of halogens is 2. The van der Waals surface area contributed by atoms with E-state index in [0.717, 1.165) is 16.9 Å². The maximum atomic E-state index is 14.8. The lowest BCUT2D eigenvalue weighted by atomic mass is 10.1. The first-order chi connectivity index (χ1) is 16.0. The number of nitrogens with zero attached hydrogens (tertiary/aromatic N) is 3. The number of ether oxygens (including phenoxy) is 1. The van der Waals surface area contributed by atoms with Gasteiger partial charge in [0.2, 0.25) is 5.91 Å². The summed E-state index contributed by atoms with van der Waals surface area (Å²) >= 11 is 6.24. The van der Waals surface area contributed by atoms with Gasteiger partial charge in [-0.25, -0.2) is 9.37 Å². The van der Waals surface area contributed by atoms with Crippen molar-refractivity contribution < 1.29 is 13.9 Å². The average Bonchev–Trinajstić information content (AvgIpc) is 3.30. The highest BCUT2D eigenvalue weighted by Gasteiger charge is 2.16. The maximum absolute atomic E-state index is 14.8. The first kappa shape index (κ1) is 21.2. The zero-order valence-corrected chi connectivity index (χ0v) is 18.3. The van der Waals surface area contributed by atoms with E-state index in [0.29, 0.717) is 43.3 Å². The summed E-state index contributed by atoms with van der Waals surface area (Å²) in [6, 6.07) is 14.0. The van der Waals surface area contributed by atoms with Crippen molar-refractivity contribution in [1.82, 2.24) is 9.38 Å². The van der Waals surface area contributed by atoms with E-state index in [4.69, 9.17) is 22.1 Å². The Morgan fingerprint density at radius 2 is 1.94 bits per heavy atom. The number of rotatable bonds is 5. The molecule has 5 rings (SSSR count). The number of nitrogens with one attached hydrogen (secondary N) is 1. The van der Waals surface area contributed by atoms with Crippen molar-refractivity contribution in [2.75, 3.05) is 36.5 Å². The van der Waals surface area contributed by atoms with Crippen LogP contribution in [0.1, 0.15) is 10.4 Å². The van der Waals surface area contributed by atoms with Crippen molar-refractivity contribution in [2.24, 2.45) is 5.73 Å². The molecule has 0 saturated carbocycles. The number of anilines is 3. The van der Waals surface area contributed by atoms with Crippen LogP contribution in [-0.2, 0) is 4.74 Å². The average molecular weight is 466 g/mol. The standard InChI is InChI=1S/C24H21ClFN5O2/c25-18-13-15(1-3-17(18)23(27)32)21-6-4-20(24-28-7-8-31(21)24)29-16-2-5-22(19(26)14-16)30-9-11-33-12-10-30/h1-8,13-14,29H,9-12H2,(H2,27,32). The van der Waals surface area contributed by atoms with Crippen LogP contribution in [-0.4, -0.2) is 41.6 Å². The molecule has 0 unspecified atom stereocenters. The van der Waals surface area contributed by atoms with Crippen LogP contribution in [0.2, 0.25) is 5.02 Å². The lowest BCUT2D eigenvalue weighted by molar-refractivity contribution is 0.100. The molecule has 3 heterocycles. The van der Waals surface area contributed by atoms with Crippen molar-refractivity contribution in [2.45, 2.75) is 0 Å². The van der Waals surface area contributed by atoms with Gasteiger partial charge in [-0.05, 0) is 42.5 Å². The van der Waals surface area contributed by atoms with E-state index in [1.165, 1.54) is 6.07 Å². The zero-order valence-electron chi connectivity index (χ0n) is 17.6. The number of hydrogen-bond donors (Lipinski definition) is 2. The first-order valence-corrected chi connectivity index (χ1v) is 10.8. The van der Waals surface area contributed by atoms with Gasteiger partial charge in [-0.1, -0.05) is 17.7 Å². The first-order valence-electron chi connectivity index (χ1n) is 10.5. The summed E-state index contributed by atoms with van der Waals surface area (Å²) in [6.07, 6.45) is 3.51. The molecule has 0 spiro atoms. The van der Waals surface area contributed by atoms with E-state index < -0.39 is 5.91 Å². The molecule has 0 radical (unpaired) electrons. The minimum absolute atomic E-state index is 0.267. The van der Waals surface area contributed by atoms with Gasteiger partial charge in [0.1, 0.15) is 5.82 Å². The monoisotopic (exact) mass is 465 g/mol. The van der Waals surface area contributed by atoms with Crippen LogP contribution in [0, 0.1) is 5.82 Å². The Kier molecular flexibility index (Phi) is 5.62. The molecule has 1 saturated heterocycles. The molecular weight excluding hydrogens is 445 g/mol. The van der Waals surface area contributed by atoms with E-state index >= 15 is 0 Å². The summed E-state index contributed by atoms with van der Waals surface area (Å²) in [5.41, 5.74) is 9.84. The lowest BCUT2D eigenvalue weighted by Gasteiger charge is -2.29. The maximum Gasteiger partial charge on any atom is 0.250 e. The molecule has 1 aliphatic heterocycles. The molecule has 2 aromatic heterocycles. The number of aromatic nitrogens is 2. The summed E-state index contributed by atoms with van der Waals surface area (Å²) < 4.78 is 22.1. The third kappa shape index (κ3) is 4.10. The SMILES string of the molecule is NC(=O)c1ccc(-c2ccc(Nc3ccc(N4CCOCC4)c(F)c3)c3nccn23)cc1Cl. The number of benzene rings is 2. The van der Waals surface area contributed by atoms with Crippen LogP contribution in [0.5, 0.6) is 0 Å². The molecule has 4 aromatic rings. The Morgan fingerprint density at radius 1 is 1.12 bits per heavy atom. The number of carbonyl (C=O) groups excluding carboxylic acids is 1. The number of carbonyl (C=O) groups is 1. The van der Waals surface area contributed by atoms with Gasteiger partial charge in [-0.15, -0.1) is 0 Å². The molecule has 2 aromatic carbocycles. The molecule has 1 amide bonds. The molecule has 9 heteroatoms. The number of imidazole rings is 1. The summed E-state index contributed by atoms with van der Waals surface area (Å²) in [5.74, 6) is -0.868. The minimum atomic E-state index is -0.578. The molecule has 33 heavy (non-hydrogen) atoms. The second-order valence-electron chi connectivity index (χ2n) is 7.70. The highest BCUT2D eigenvalue weighted by Crippen LogP contribution is 2.31. The summed E-state index contributed by atoms with van der Waals surface area (Å²) in [6.45, 7) is 2.54. The van der Waals surface area contributed by atoms with Crippen LogP contribution in [0.4, 0.5) is 21.5 Å². The Morgan fingerprint density at radius 3 is 2.67 bits per heavy atom. The molecule has 168 valence electrons. The van der Waals surface area contributed by atoms with Gasteiger partial charge in [-0.3, -0.25) is 9.20 Å². The summed E-state index contributed by atoms with van der Waals surface area (Å²) in [5, 5.41) is 3.55. The van der Waals surface area contributed by atoms with Crippen LogP contribution < -0.4 is 16.0 Å². The molecule has 1 aliphatic rings. The van der Waals surface area contributed by atoms with Crippen LogP contribution in [0.25, 0.3) is 16.9 Å². The number of morpholine rings is 1. The molecule has 0 aliphatic carbocycles. The Bertz CT molecular complexity index is 1350. The normalized spacial score (nSPS) is 13.9. The molecule has 1 fully saturated rings. The summed E-state index contributed by atoms with van der Waals surface area (Å²) in [7, 11) is 0. The van der Waals surface area contributed by atoms with E-state index in [-0.39, 0.29) is 16.4 Å². The van der Waals surface area contributed by atoms with Crippen LogP contribution in [0.3, 0.4) is 0 Å². The van der Waals surface area contributed by atoms with E-state index in [1.54, 1.807) is 30.5 Å². The largest absolute Gasteiger partial charge is 0.378 e. The molecule has 7 nitrogen and oxygen atoms in total. The van der Waals surface area contributed by atoms with Crippen LogP contribution >= 0.6 is 11.6 Å². The number of fused-ring (bicyclic) bond motifs is 1. The molecule has 3 N–H and O–H groups in total. The van der Waals surface area contributed by atoms with Gasteiger partial charge in [0.05, 0.1) is 40.9 Å². The zero-order chi connectivity index (χ0) is 22.9. The fourth-order valence-electron chi connectivity index (χ4n) is 4.02. The predicted molar refractivity (Wildman–Crippen MR) is 127 cm³/mol. The van der Waals surface area contributed by atoms with Crippen molar-refractivity contribution >= 4 is 40.2 Å². The fourth-order valence-corrected chi connectivity index (χ4v) is 4.30. The van der Waals surface area contributed by atoms with Gasteiger partial charge in [-0.2, -0.15) is 0 Å². The highest BCUT2D eigenvalue weighted by atomic mass is 35.5. The van der Waals surface area contributed by atoms with E-state index in [9.17, 15) is 9.18 Å². The fraction of sp³-hybridized carbons (Fsp3) is 0.167. The van der Waals surface area contributed by atoms with E-state index in [2.05, 4.69) is 10.3 Å². The summed E-state index contributed by atoms with van der Waals surface area (Å²) in [4.78, 5) is 17.9. The van der Waals surface area contributed by atoms with Crippen molar-refractivity contribution in [3.05, 3.63) is 77.3 Å². The van der Waals surface area contributed by atoms with Gasteiger partial charge >= 0.3 is 0 Å². The van der Waals surface area contributed by atoms with Crippen LogP contribution in [0.15, 0.2) is 60.9 Å². The van der Waals surface area contributed by atoms with Gasteiger partial charge < -0.3 is 20.7 Å². The second kappa shape index (κ2) is 8.73. The molecule has 0 bridgehead atoms. The molecular formula is C24H21ClFN5O2. The number of primary amides is 1. The number of pyridine rings is 1. The van der Waals surface area contributed by atoms with Gasteiger partial charge in [0.25, 0.3) is 0 Å². The van der Waals surface area contributed by atoms with Gasteiger partial charge in [0.15, 0.2) is 5.65 Å². The van der Waals surface area contributed by atoms with Gasteiger partial charge in [0, 0.05) is 36.7 Å². The van der Waals surface area contributed by atoms with E-state index in [1.807, 2.05) is 33.7 Å². The Hall–Kier alpha value is -3.62. The Balaban J connectivity index is 1.45. The predicted octanol–water partition coefficient (Wildman–Crippen LogP) is 4.47. The lowest BCUT2D eigenvalue weighted by Crippen LogP contribution is -2.36. The highest BCUT2D eigenvalue weighted by molar-refractivity contribution is 6.34. The second-order valence-corrected chi connectivity index (χ2v) is 8.11. The quantitative estimate of drug-likeness (QED) is 0.454. The minimum Gasteiger partial charge on any atom is -0.378 e. The third-order valence-corrected chi connectivity index (χ3v) is 5.97.